The van der Waals surface area contributed by atoms with Gasteiger partial charge in [-0.15, -0.1) is 0 Å². The summed E-state index contributed by atoms with van der Waals surface area (Å²) in [4.78, 5) is 44.9. The Hall–Kier alpha value is -3.96. The van der Waals surface area contributed by atoms with Crippen molar-refractivity contribution in [3.63, 3.8) is 0 Å². The van der Waals surface area contributed by atoms with Gasteiger partial charge in [0.05, 0.1) is 17.7 Å². The maximum absolute atomic E-state index is 14.2. The van der Waals surface area contributed by atoms with Gasteiger partial charge in [0, 0.05) is 56.4 Å². The molecule has 234 valence electrons. The Kier molecular flexibility index (Phi) is 8.10. The van der Waals surface area contributed by atoms with E-state index >= 15 is 0 Å². The first-order valence-corrected chi connectivity index (χ1v) is 15.0. The summed E-state index contributed by atoms with van der Waals surface area (Å²) in [5.74, 6) is -1.78. The van der Waals surface area contributed by atoms with Crippen molar-refractivity contribution in [1.82, 2.24) is 25.3 Å². The predicted octanol–water partition coefficient (Wildman–Crippen LogP) is 2.85. The van der Waals surface area contributed by atoms with E-state index in [-0.39, 0.29) is 29.8 Å². The molecular weight excluding hydrogens is 579 g/mol. The first kappa shape index (κ1) is 30.1. The summed E-state index contributed by atoms with van der Waals surface area (Å²) in [6.45, 7) is 4.12. The quantitative estimate of drug-likeness (QED) is 0.512. The van der Waals surface area contributed by atoms with Gasteiger partial charge >= 0.3 is 6.18 Å². The van der Waals surface area contributed by atoms with E-state index in [1.807, 2.05) is 0 Å². The molecule has 1 aromatic carbocycles. The number of hydrogen-bond donors (Lipinski definition) is 2. The number of piperazine rings is 1. The SMILES string of the molecule is CCN1C(=O)[C@@H](NC(=O)c2cccc(C(F)(F)F)c2)[C@@H](C2CC2)c2c(C(=O)N3CCNC[C@@H]3C#N)nn(C3CCOCC3)c21. The zero-order chi connectivity index (χ0) is 31.2. The van der Waals surface area contributed by atoms with Crippen molar-refractivity contribution in [3.8, 4) is 6.07 Å². The second kappa shape index (κ2) is 11.9. The summed E-state index contributed by atoms with van der Waals surface area (Å²) in [5, 5.41) is 20.6. The zero-order valence-electron chi connectivity index (χ0n) is 24.3. The lowest BCUT2D eigenvalue weighted by Crippen LogP contribution is -2.56. The van der Waals surface area contributed by atoms with Gasteiger partial charge in [-0.25, -0.2) is 4.68 Å². The monoisotopic (exact) mass is 613 g/mol. The van der Waals surface area contributed by atoms with Gasteiger partial charge in [-0.1, -0.05) is 6.07 Å². The lowest BCUT2D eigenvalue weighted by molar-refractivity contribution is -0.137. The third-order valence-electron chi connectivity index (χ3n) is 8.98. The second-order valence-corrected chi connectivity index (χ2v) is 11.7. The highest BCUT2D eigenvalue weighted by molar-refractivity contribution is 6.07. The van der Waals surface area contributed by atoms with Crippen LogP contribution >= 0.6 is 0 Å². The fraction of sp³-hybridized carbons (Fsp3) is 0.567. The third-order valence-corrected chi connectivity index (χ3v) is 8.98. The highest BCUT2D eigenvalue weighted by atomic mass is 19.4. The fourth-order valence-corrected chi connectivity index (χ4v) is 6.63. The molecule has 11 nitrogen and oxygen atoms in total. The Bertz CT molecular complexity index is 1490. The summed E-state index contributed by atoms with van der Waals surface area (Å²) in [7, 11) is 0. The average Bonchev–Trinajstić information content (AvgIpc) is 3.80. The number of nitrogens with one attached hydrogen (secondary N) is 2. The van der Waals surface area contributed by atoms with Crippen LogP contribution in [0.15, 0.2) is 24.3 Å². The van der Waals surface area contributed by atoms with E-state index in [0.29, 0.717) is 57.1 Å². The Morgan fingerprint density at radius 2 is 1.95 bits per heavy atom. The molecule has 0 unspecified atom stereocenters. The van der Waals surface area contributed by atoms with Gasteiger partial charge in [0.1, 0.15) is 17.9 Å². The van der Waals surface area contributed by atoms with Gasteiger partial charge in [-0.3, -0.25) is 19.3 Å². The number of rotatable bonds is 6. The second-order valence-electron chi connectivity index (χ2n) is 11.7. The van der Waals surface area contributed by atoms with E-state index in [2.05, 4.69) is 16.7 Å². The molecule has 0 spiro atoms. The minimum Gasteiger partial charge on any atom is -0.381 e. The minimum atomic E-state index is -4.64. The van der Waals surface area contributed by atoms with Crippen molar-refractivity contribution in [1.29, 1.82) is 5.26 Å². The van der Waals surface area contributed by atoms with Crippen LogP contribution in [0.4, 0.5) is 19.0 Å². The molecular formula is C30H34F3N7O4. The number of hydrogen-bond acceptors (Lipinski definition) is 7. The molecule has 6 rings (SSSR count). The molecule has 4 heterocycles. The van der Waals surface area contributed by atoms with E-state index in [1.54, 1.807) is 11.6 Å². The molecule has 1 saturated carbocycles. The van der Waals surface area contributed by atoms with Crippen LogP contribution in [-0.2, 0) is 15.7 Å². The first-order valence-electron chi connectivity index (χ1n) is 15.0. The Balaban J connectivity index is 1.45. The highest BCUT2D eigenvalue weighted by Gasteiger charge is 2.52. The fourth-order valence-electron chi connectivity index (χ4n) is 6.63. The largest absolute Gasteiger partial charge is 0.416 e. The molecule has 2 N–H and O–H groups in total. The number of likely N-dealkylation sites (N-methyl/N-ethyl adjacent to an activating group) is 1. The lowest BCUT2D eigenvalue weighted by Gasteiger charge is -2.39. The summed E-state index contributed by atoms with van der Waals surface area (Å²) >= 11 is 0. The van der Waals surface area contributed by atoms with Crippen LogP contribution in [0.2, 0.25) is 0 Å². The highest BCUT2D eigenvalue weighted by Crippen LogP contribution is 2.52. The molecule has 0 bridgehead atoms. The van der Waals surface area contributed by atoms with Gasteiger partial charge in [-0.2, -0.15) is 23.5 Å². The average molecular weight is 614 g/mol. The van der Waals surface area contributed by atoms with Crippen molar-refractivity contribution in [3.05, 3.63) is 46.6 Å². The van der Waals surface area contributed by atoms with Crippen LogP contribution in [-0.4, -0.2) is 83.9 Å². The molecule has 1 aliphatic carbocycles. The molecule has 14 heteroatoms. The number of ether oxygens (including phenoxy) is 1. The Morgan fingerprint density at radius 3 is 2.61 bits per heavy atom. The van der Waals surface area contributed by atoms with Crippen molar-refractivity contribution >= 4 is 23.5 Å². The van der Waals surface area contributed by atoms with Crippen LogP contribution in [0.25, 0.3) is 0 Å². The van der Waals surface area contributed by atoms with Crippen LogP contribution in [0.5, 0.6) is 0 Å². The molecule has 1 aromatic heterocycles. The molecule has 4 aliphatic rings. The number of carbonyl (C=O) groups excluding carboxylic acids is 3. The van der Waals surface area contributed by atoms with Crippen molar-refractivity contribution < 1.29 is 32.3 Å². The van der Waals surface area contributed by atoms with Crippen LogP contribution in [0.1, 0.15) is 76.5 Å². The molecule has 2 saturated heterocycles. The number of anilines is 1. The molecule has 3 atom stereocenters. The Labute approximate surface area is 252 Å². The molecule has 3 amide bonds. The number of nitriles is 1. The topological polar surface area (TPSA) is 133 Å². The number of halogens is 3. The van der Waals surface area contributed by atoms with E-state index < -0.39 is 47.5 Å². The van der Waals surface area contributed by atoms with Gasteiger partial charge < -0.3 is 20.3 Å². The van der Waals surface area contributed by atoms with Gasteiger partial charge in [0.2, 0.25) is 0 Å². The van der Waals surface area contributed by atoms with Crippen molar-refractivity contribution in [2.75, 3.05) is 44.3 Å². The standard InChI is InChI=1S/C30H34F3N7O4/c1-2-38-27-23(25(37-40(27)20-8-12-44-13-9-20)29(43)39-11-10-35-16-21(39)15-34)22(17-6-7-17)24(28(38)42)36-26(41)18-4-3-5-19(14-18)30(31,32)33/h3-5,14,17,20-22,24,35H,2,6-13,16H2,1H3,(H,36,41)/t21-,22-,24-/m0/s1. The number of amides is 3. The minimum absolute atomic E-state index is 0.0443. The summed E-state index contributed by atoms with van der Waals surface area (Å²) in [6.07, 6.45) is -1.87. The van der Waals surface area contributed by atoms with Crippen LogP contribution in [0.3, 0.4) is 0 Å². The lowest BCUT2D eigenvalue weighted by atomic mass is 9.82. The molecule has 0 radical (unpaired) electrons. The van der Waals surface area contributed by atoms with E-state index in [1.165, 1.54) is 15.9 Å². The maximum atomic E-state index is 14.2. The number of benzene rings is 1. The van der Waals surface area contributed by atoms with Crippen LogP contribution in [0, 0.1) is 17.2 Å². The number of aromatic nitrogens is 2. The normalized spacial score (nSPS) is 24.5. The van der Waals surface area contributed by atoms with Crippen molar-refractivity contribution in [2.45, 2.75) is 62.8 Å². The summed E-state index contributed by atoms with van der Waals surface area (Å²) < 4.78 is 47.5. The van der Waals surface area contributed by atoms with Gasteiger partial charge in [0.15, 0.2) is 5.69 Å². The number of carbonyl (C=O) groups is 3. The van der Waals surface area contributed by atoms with E-state index in [0.717, 1.165) is 31.0 Å². The number of nitrogens with zero attached hydrogens (tertiary/aromatic N) is 5. The predicted molar refractivity (Wildman–Crippen MR) is 151 cm³/mol. The number of fused-ring (bicyclic) bond motifs is 1. The van der Waals surface area contributed by atoms with Gasteiger partial charge in [0.25, 0.3) is 17.7 Å². The Morgan fingerprint density at radius 1 is 1.20 bits per heavy atom. The zero-order valence-corrected chi connectivity index (χ0v) is 24.3. The molecule has 44 heavy (non-hydrogen) atoms. The van der Waals surface area contributed by atoms with Crippen LogP contribution < -0.4 is 15.5 Å². The first-order chi connectivity index (χ1) is 21.1. The van der Waals surface area contributed by atoms with Gasteiger partial charge in [-0.05, 0) is 56.7 Å². The maximum Gasteiger partial charge on any atom is 0.416 e. The molecule has 3 fully saturated rings. The summed E-state index contributed by atoms with van der Waals surface area (Å²) in [5.41, 5.74) is -0.488. The summed E-state index contributed by atoms with van der Waals surface area (Å²) in [6, 6.07) is 4.31. The molecule has 2 aromatic rings. The third kappa shape index (κ3) is 5.43. The smallest absolute Gasteiger partial charge is 0.381 e. The van der Waals surface area contributed by atoms with E-state index in [4.69, 9.17) is 9.84 Å². The van der Waals surface area contributed by atoms with Crippen molar-refractivity contribution in [2.24, 2.45) is 5.92 Å². The number of alkyl halides is 3. The molecule has 3 aliphatic heterocycles. The van der Waals surface area contributed by atoms with E-state index in [9.17, 15) is 32.8 Å².